The first kappa shape index (κ1) is 22.0. The number of benzene rings is 1. The maximum Gasteiger partial charge on any atom is 0.338 e. The molecule has 0 radical (unpaired) electrons. The molecule has 0 saturated carbocycles. The van der Waals surface area contributed by atoms with Crippen molar-refractivity contribution in [3.63, 3.8) is 0 Å². The van der Waals surface area contributed by atoms with Crippen LogP contribution in [0, 0.1) is 11.8 Å². The van der Waals surface area contributed by atoms with Gasteiger partial charge in [-0.25, -0.2) is 4.79 Å². The summed E-state index contributed by atoms with van der Waals surface area (Å²) >= 11 is 0. The van der Waals surface area contributed by atoms with Gasteiger partial charge in [-0.3, -0.25) is 0 Å². The average molecular weight is 389 g/mol. The second-order valence-electron chi connectivity index (χ2n) is 7.95. The number of phenolic OH excluding ortho intramolecular Hbond substituents is 1. The lowest BCUT2D eigenvalue weighted by molar-refractivity contribution is -0.0217. The largest absolute Gasteiger partial charge is 0.504 e. The molecule has 1 aromatic rings. The molecule has 0 aromatic heterocycles. The summed E-state index contributed by atoms with van der Waals surface area (Å²) in [4.78, 5) is 12.8. The van der Waals surface area contributed by atoms with Crippen molar-refractivity contribution in [2.75, 3.05) is 7.11 Å². The van der Waals surface area contributed by atoms with Crippen LogP contribution >= 0.6 is 0 Å². The van der Waals surface area contributed by atoms with E-state index in [0.717, 1.165) is 24.0 Å². The molecule has 0 fully saturated rings. The number of ether oxygens (including phenoxy) is 2. The fourth-order valence-electron chi connectivity index (χ4n) is 3.74. The Bertz CT molecular complexity index is 747. The fraction of sp³-hybridized carbons (Fsp3) is 0.522. The quantitative estimate of drug-likeness (QED) is 0.581. The Morgan fingerprint density at radius 1 is 1.21 bits per heavy atom. The number of aromatic hydroxyl groups is 1. The topological polar surface area (TPSA) is 76.0 Å². The number of aliphatic hydroxyl groups excluding tert-OH is 1. The van der Waals surface area contributed by atoms with Crippen LogP contribution in [0.15, 0.2) is 41.5 Å². The van der Waals surface area contributed by atoms with Gasteiger partial charge >= 0.3 is 5.97 Å². The van der Waals surface area contributed by atoms with E-state index in [2.05, 4.69) is 6.08 Å². The van der Waals surface area contributed by atoms with Gasteiger partial charge in [-0.15, -0.1) is 0 Å². The number of hydrogen-bond donors (Lipinski definition) is 2. The number of hydrogen-bond acceptors (Lipinski definition) is 5. The van der Waals surface area contributed by atoms with Gasteiger partial charge in [0.25, 0.3) is 0 Å². The zero-order valence-electron chi connectivity index (χ0n) is 17.4. The van der Waals surface area contributed by atoms with E-state index in [0.29, 0.717) is 12.0 Å². The SMILES string of the molecule is COc1cc(C(=O)O[C@@H]2CC(C)=CCCC(C)=C[C@@H](O)[C@@H]2C(C)C)ccc1O. The van der Waals surface area contributed by atoms with Crippen LogP contribution in [0.5, 0.6) is 11.5 Å². The minimum atomic E-state index is -0.682. The van der Waals surface area contributed by atoms with Crippen LogP contribution in [0.25, 0.3) is 0 Å². The molecule has 0 unspecified atom stereocenters. The summed E-state index contributed by atoms with van der Waals surface area (Å²) in [6.07, 6.45) is 5.33. The molecule has 5 heteroatoms. The zero-order valence-corrected chi connectivity index (χ0v) is 17.4. The number of carbonyl (C=O) groups excluding carboxylic acids is 1. The average Bonchev–Trinajstić information content (AvgIpc) is 2.61. The maximum absolute atomic E-state index is 12.8. The smallest absolute Gasteiger partial charge is 0.338 e. The van der Waals surface area contributed by atoms with Gasteiger partial charge in [0, 0.05) is 12.3 Å². The normalized spacial score (nSPS) is 23.6. The monoisotopic (exact) mass is 388 g/mol. The van der Waals surface area contributed by atoms with Crippen LogP contribution in [-0.2, 0) is 4.74 Å². The van der Waals surface area contributed by atoms with Gasteiger partial charge < -0.3 is 19.7 Å². The third-order valence-electron chi connectivity index (χ3n) is 5.28. The van der Waals surface area contributed by atoms with Crippen LogP contribution in [0.3, 0.4) is 0 Å². The number of methoxy groups -OCH3 is 1. The standard InChI is InChI=1S/C23H32O5/c1-14(2)22-19(25)11-15(3)7-6-8-16(4)12-21(22)28-23(26)17-9-10-18(24)20(13-17)27-5/h8-11,13-14,19,21-22,24-25H,6-7,12H2,1-5H3/t19-,21-,22+/m1/s1. The van der Waals surface area contributed by atoms with Gasteiger partial charge in [0.15, 0.2) is 11.5 Å². The molecule has 5 nitrogen and oxygen atoms in total. The zero-order chi connectivity index (χ0) is 20.8. The van der Waals surface area contributed by atoms with Crippen molar-refractivity contribution in [3.8, 4) is 11.5 Å². The van der Waals surface area contributed by atoms with Crippen LogP contribution in [-0.4, -0.2) is 35.5 Å². The van der Waals surface area contributed by atoms with Crippen LogP contribution in [0.2, 0.25) is 0 Å². The number of carbonyl (C=O) groups is 1. The Morgan fingerprint density at radius 2 is 1.93 bits per heavy atom. The van der Waals surface area contributed by atoms with Crippen molar-refractivity contribution in [2.24, 2.45) is 11.8 Å². The Labute approximate surface area is 167 Å². The second-order valence-corrected chi connectivity index (χ2v) is 7.95. The van der Waals surface area contributed by atoms with E-state index < -0.39 is 18.2 Å². The van der Waals surface area contributed by atoms with Gasteiger partial charge in [-0.1, -0.05) is 37.1 Å². The van der Waals surface area contributed by atoms with E-state index >= 15 is 0 Å². The van der Waals surface area contributed by atoms with Crippen molar-refractivity contribution in [1.82, 2.24) is 0 Å². The first-order valence-corrected chi connectivity index (χ1v) is 9.82. The summed E-state index contributed by atoms with van der Waals surface area (Å²) in [6.45, 7) is 8.13. The molecule has 0 saturated heterocycles. The van der Waals surface area contributed by atoms with Crippen molar-refractivity contribution in [2.45, 2.75) is 59.2 Å². The Balaban J connectivity index is 2.33. The van der Waals surface area contributed by atoms with Gasteiger partial charge in [-0.05, 0) is 50.8 Å². The minimum Gasteiger partial charge on any atom is -0.504 e. The van der Waals surface area contributed by atoms with E-state index in [1.165, 1.54) is 25.3 Å². The summed E-state index contributed by atoms with van der Waals surface area (Å²) in [7, 11) is 1.43. The lowest BCUT2D eigenvalue weighted by atomic mass is 9.81. The second kappa shape index (κ2) is 9.78. The van der Waals surface area contributed by atoms with Crippen LogP contribution < -0.4 is 4.74 Å². The molecule has 154 valence electrons. The van der Waals surface area contributed by atoms with Crippen LogP contribution in [0.1, 0.15) is 57.3 Å². The first-order chi connectivity index (χ1) is 13.2. The molecule has 1 aromatic carbocycles. The Kier molecular flexibility index (Phi) is 7.69. The summed E-state index contributed by atoms with van der Waals surface area (Å²) < 4.78 is 11.0. The van der Waals surface area contributed by atoms with E-state index in [-0.39, 0.29) is 23.3 Å². The predicted molar refractivity (Wildman–Crippen MR) is 110 cm³/mol. The van der Waals surface area contributed by atoms with Gasteiger partial charge in [0.1, 0.15) is 6.10 Å². The van der Waals surface area contributed by atoms with E-state index in [1.807, 2.05) is 33.8 Å². The summed E-state index contributed by atoms with van der Waals surface area (Å²) in [5, 5.41) is 20.6. The van der Waals surface area contributed by atoms with E-state index in [9.17, 15) is 15.0 Å². The lowest BCUT2D eigenvalue weighted by Crippen LogP contribution is -2.38. The number of esters is 1. The van der Waals surface area contributed by atoms with Gasteiger partial charge in [0.05, 0.1) is 18.8 Å². The molecule has 1 aliphatic carbocycles. The Morgan fingerprint density at radius 3 is 2.57 bits per heavy atom. The molecule has 2 N–H and O–H groups in total. The van der Waals surface area contributed by atoms with Crippen molar-refractivity contribution < 1.29 is 24.5 Å². The molecule has 0 heterocycles. The molecular weight excluding hydrogens is 356 g/mol. The summed E-state index contributed by atoms with van der Waals surface area (Å²) in [6, 6.07) is 4.38. The van der Waals surface area contributed by atoms with Crippen molar-refractivity contribution in [1.29, 1.82) is 0 Å². The van der Waals surface area contributed by atoms with Crippen molar-refractivity contribution >= 4 is 5.97 Å². The van der Waals surface area contributed by atoms with Gasteiger partial charge in [-0.2, -0.15) is 0 Å². The highest BCUT2D eigenvalue weighted by Crippen LogP contribution is 2.31. The van der Waals surface area contributed by atoms with E-state index in [4.69, 9.17) is 9.47 Å². The third kappa shape index (κ3) is 5.61. The highest BCUT2D eigenvalue weighted by Gasteiger charge is 2.33. The number of phenols is 1. The first-order valence-electron chi connectivity index (χ1n) is 9.82. The molecule has 2 rings (SSSR count). The molecular formula is C23H32O5. The third-order valence-corrected chi connectivity index (χ3v) is 5.28. The molecule has 0 bridgehead atoms. The lowest BCUT2D eigenvalue weighted by Gasteiger charge is -2.33. The summed E-state index contributed by atoms with van der Waals surface area (Å²) in [5.41, 5.74) is 2.59. The van der Waals surface area contributed by atoms with E-state index in [1.54, 1.807) is 0 Å². The number of rotatable bonds is 4. The molecule has 0 amide bonds. The highest BCUT2D eigenvalue weighted by atomic mass is 16.5. The van der Waals surface area contributed by atoms with Crippen LogP contribution in [0.4, 0.5) is 0 Å². The fourth-order valence-corrected chi connectivity index (χ4v) is 3.74. The van der Waals surface area contributed by atoms with Crippen molar-refractivity contribution in [3.05, 3.63) is 47.1 Å². The minimum absolute atomic E-state index is 0.0346. The number of allylic oxidation sites excluding steroid dienone is 2. The molecule has 28 heavy (non-hydrogen) atoms. The summed E-state index contributed by atoms with van der Waals surface area (Å²) in [5.74, 6) is -0.410. The maximum atomic E-state index is 12.8. The van der Waals surface area contributed by atoms with Gasteiger partial charge in [0.2, 0.25) is 0 Å². The molecule has 0 spiro atoms. The molecule has 1 aliphatic rings. The number of aliphatic hydroxyl groups is 1. The highest BCUT2D eigenvalue weighted by molar-refractivity contribution is 5.90. The Hall–Kier alpha value is -2.27. The predicted octanol–water partition coefficient (Wildman–Crippen LogP) is 4.64. The molecule has 0 aliphatic heterocycles. The molecule has 3 atom stereocenters.